The molecule has 1 aromatic rings. The number of rotatable bonds is 3. The molecule has 0 aromatic carbocycles. The van der Waals surface area contributed by atoms with Crippen molar-refractivity contribution in [3.63, 3.8) is 0 Å². The molecule has 0 radical (unpaired) electrons. The van der Waals surface area contributed by atoms with Crippen molar-refractivity contribution < 1.29 is 19.4 Å². The molecule has 0 aliphatic heterocycles. The number of carbonyl (C=O) groups excluding carboxylic acids is 1. The van der Waals surface area contributed by atoms with Crippen LogP contribution in [0.4, 0.5) is 4.79 Å². The van der Waals surface area contributed by atoms with Gasteiger partial charge in [0.15, 0.2) is 0 Å². The fraction of sp³-hybridized carbons (Fsp3) is 0.643. The van der Waals surface area contributed by atoms with E-state index in [1.165, 1.54) is 10.7 Å². The molecular formula is C14H21N3O4. The largest absolute Gasteiger partial charge is 0.477 e. The van der Waals surface area contributed by atoms with Crippen molar-refractivity contribution >= 4 is 12.1 Å². The molecule has 1 aliphatic rings. The summed E-state index contributed by atoms with van der Waals surface area (Å²) in [5.41, 5.74) is -0.527. The number of hydrogen-bond donors (Lipinski definition) is 2. The van der Waals surface area contributed by atoms with Crippen molar-refractivity contribution in [2.75, 3.05) is 0 Å². The maximum Gasteiger partial charge on any atom is 0.408 e. The van der Waals surface area contributed by atoms with Crippen molar-refractivity contribution in [2.45, 2.75) is 51.2 Å². The van der Waals surface area contributed by atoms with Gasteiger partial charge in [-0.15, -0.1) is 0 Å². The van der Waals surface area contributed by atoms with Crippen LogP contribution in [0.2, 0.25) is 0 Å². The molecule has 1 saturated carbocycles. The molecule has 1 fully saturated rings. The summed E-state index contributed by atoms with van der Waals surface area (Å²) < 4.78 is 6.59. The molecule has 1 heterocycles. The van der Waals surface area contributed by atoms with Crippen LogP contribution in [-0.4, -0.2) is 32.6 Å². The molecule has 21 heavy (non-hydrogen) atoms. The third-order valence-corrected chi connectivity index (χ3v) is 3.54. The second-order valence-electron chi connectivity index (χ2n) is 6.41. The molecule has 1 aromatic heterocycles. The molecule has 1 aliphatic carbocycles. The molecule has 0 saturated heterocycles. The van der Waals surface area contributed by atoms with Crippen LogP contribution in [0.25, 0.3) is 0 Å². The highest BCUT2D eigenvalue weighted by Gasteiger charge is 2.43. The van der Waals surface area contributed by atoms with E-state index in [-0.39, 0.29) is 5.69 Å². The second kappa shape index (κ2) is 5.05. The number of amides is 1. The number of ether oxygens (including phenoxy) is 1. The number of alkyl carbamates (subject to hydrolysis) is 1. The third kappa shape index (κ3) is 3.17. The fourth-order valence-corrected chi connectivity index (χ4v) is 2.38. The molecule has 2 rings (SSSR count). The number of aromatic carboxylic acids is 1. The van der Waals surface area contributed by atoms with Crippen LogP contribution >= 0.6 is 0 Å². The van der Waals surface area contributed by atoms with Crippen LogP contribution in [0.1, 0.15) is 56.2 Å². The number of nitrogens with one attached hydrogen (secondary N) is 1. The Morgan fingerprint density at radius 1 is 1.43 bits per heavy atom. The zero-order valence-electron chi connectivity index (χ0n) is 12.8. The highest BCUT2D eigenvalue weighted by molar-refractivity contribution is 5.85. The Morgan fingerprint density at radius 2 is 2.05 bits per heavy atom. The van der Waals surface area contributed by atoms with Crippen molar-refractivity contribution in [3.8, 4) is 0 Å². The third-order valence-electron chi connectivity index (χ3n) is 3.54. The summed E-state index contributed by atoms with van der Waals surface area (Å²) in [5, 5.41) is 16.2. The topological polar surface area (TPSA) is 93.5 Å². The van der Waals surface area contributed by atoms with Gasteiger partial charge in [0.1, 0.15) is 11.3 Å². The van der Waals surface area contributed by atoms with Gasteiger partial charge in [-0.05, 0) is 46.1 Å². The lowest BCUT2D eigenvalue weighted by atomic mass is 9.74. The number of carboxylic acid groups (broad SMARTS) is 1. The average molecular weight is 295 g/mol. The quantitative estimate of drug-likeness (QED) is 0.889. The standard InChI is InChI=1S/C14H21N3O4/c1-13(2,3)21-12(20)15-14(6-5-7-14)10-8-9(11(18)19)17(4)16-10/h8H,5-7H2,1-4H3,(H,15,20)(H,18,19). The first-order valence-electron chi connectivity index (χ1n) is 6.92. The monoisotopic (exact) mass is 295 g/mol. The number of carbonyl (C=O) groups is 2. The number of nitrogens with zero attached hydrogens (tertiary/aromatic N) is 2. The van der Waals surface area contributed by atoms with Gasteiger partial charge in [0.2, 0.25) is 0 Å². The molecule has 7 nitrogen and oxygen atoms in total. The summed E-state index contributed by atoms with van der Waals surface area (Å²) in [6, 6.07) is 1.51. The van der Waals surface area contributed by atoms with Crippen molar-refractivity contribution in [2.24, 2.45) is 7.05 Å². The van der Waals surface area contributed by atoms with Crippen LogP contribution < -0.4 is 5.32 Å². The SMILES string of the molecule is Cn1nc(C2(NC(=O)OC(C)(C)C)CCC2)cc1C(=O)O. The smallest absolute Gasteiger partial charge is 0.408 e. The Bertz CT molecular complexity index is 567. The highest BCUT2D eigenvalue weighted by atomic mass is 16.6. The van der Waals surface area contributed by atoms with E-state index in [9.17, 15) is 9.59 Å². The fourth-order valence-electron chi connectivity index (χ4n) is 2.38. The molecule has 0 atom stereocenters. The van der Waals surface area contributed by atoms with Gasteiger partial charge < -0.3 is 15.2 Å². The predicted molar refractivity (Wildman–Crippen MR) is 75.1 cm³/mol. The van der Waals surface area contributed by atoms with Crippen molar-refractivity contribution in [3.05, 3.63) is 17.5 Å². The van der Waals surface area contributed by atoms with Crippen LogP contribution in [0, 0.1) is 0 Å². The molecule has 1 amide bonds. The van der Waals surface area contributed by atoms with Crippen LogP contribution in [0.5, 0.6) is 0 Å². The minimum absolute atomic E-state index is 0.0993. The summed E-state index contributed by atoms with van der Waals surface area (Å²) in [4.78, 5) is 23.1. The Labute approximate surface area is 123 Å². The summed E-state index contributed by atoms with van der Waals surface area (Å²) in [6.07, 6.45) is 1.89. The second-order valence-corrected chi connectivity index (χ2v) is 6.41. The molecule has 0 bridgehead atoms. The van der Waals surface area contributed by atoms with Crippen LogP contribution in [0.3, 0.4) is 0 Å². The lowest BCUT2D eigenvalue weighted by molar-refractivity contribution is 0.0370. The zero-order chi connectivity index (χ0) is 15.8. The van der Waals surface area contributed by atoms with Gasteiger partial charge in [0.05, 0.1) is 11.2 Å². The predicted octanol–water partition coefficient (Wildman–Crippen LogP) is 2.02. The first-order chi connectivity index (χ1) is 9.63. The van der Waals surface area contributed by atoms with Crippen molar-refractivity contribution in [1.82, 2.24) is 15.1 Å². The molecule has 2 N–H and O–H groups in total. The van der Waals surface area contributed by atoms with Gasteiger partial charge in [-0.2, -0.15) is 5.10 Å². The van der Waals surface area contributed by atoms with E-state index in [4.69, 9.17) is 9.84 Å². The van der Waals surface area contributed by atoms with E-state index in [0.717, 1.165) is 19.3 Å². The first kappa shape index (κ1) is 15.3. The minimum atomic E-state index is -1.04. The number of hydrogen-bond acceptors (Lipinski definition) is 4. The summed E-state index contributed by atoms with van der Waals surface area (Å²) in [7, 11) is 1.58. The zero-order valence-corrected chi connectivity index (χ0v) is 12.8. The Morgan fingerprint density at radius 3 is 2.43 bits per heavy atom. The van der Waals surface area contributed by atoms with Gasteiger partial charge >= 0.3 is 12.1 Å². The normalized spacial score (nSPS) is 17.0. The lowest BCUT2D eigenvalue weighted by Gasteiger charge is -2.41. The average Bonchev–Trinajstić information content (AvgIpc) is 2.63. The van der Waals surface area contributed by atoms with Crippen LogP contribution in [-0.2, 0) is 17.3 Å². The molecular weight excluding hydrogens is 274 g/mol. The number of aryl methyl sites for hydroxylation is 1. The van der Waals surface area contributed by atoms with Gasteiger partial charge in [0.25, 0.3) is 0 Å². The van der Waals surface area contributed by atoms with E-state index in [1.807, 2.05) is 0 Å². The van der Waals surface area contributed by atoms with Gasteiger partial charge in [-0.25, -0.2) is 9.59 Å². The Kier molecular flexibility index (Phi) is 3.69. The summed E-state index contributed by atoms with van der Waals surface area (Å²) in [6.45, 7) is 5.38. The lowest BCUT2D eigenvalue weighted by Crippen LogP contribution is -2.52. The van der Waals surface area contributed by atoms with E-state index >= 15 is 0 Å². The maximum atomic E-state index is 12.0. The first-order valence-corrected chi connectivity index (χ1v) is 6.92. The molecule has 7 heteroatoms. The van der Waals surface area contributed by atoms with Gasteiger partial charge in [0, 0.05) is 7.05 Å². The van der Waals surface area contributed by atoms with E-state index in [1.54, 1.807) is 27.8 Å². The Hall–Kier alpha value is -2.05. The van der Waals surface area contributed by atoms with E-state index in [0.29, 0.717) is 5.69 Å². The van der Waals surface area contributed by atoms with Crippen LogP contribution in [0.15, 0.2) is 6.07 Å². The number of carboxylic acids is 1. The van der Waals surface area contributed by atoms with Gasteiger partial charge in [-0.1, -0.05) is 0 Å². The Balaban J connectivity index is 2.20. The number of aromatic nitrogens is 2. The summed E-state index contributed by atoms with van der Waals surface area (Å²) >= 11 is 0. The summed E-state index contributed by atoms with van der Waals surface area (Å²) in [5.74, 6) is -1.04. The molecule has 116 valence electrons. The maximum absolute atomic E-state index is 12.0. The molecule has 0 spiro atoms. The van der Waals surface area contributed by atoms with Gasteiger partial charge in [-0.3, -0.25) is 4.68 Å². The van der Waals surface area contributed by atoms with Crippen molar-refractivity contribution in [1.29, 1.82) is 0 Å². The van der Waals surface area contributed by atoms with E-state index in [2.05, 4.69) is 10.4 Å². The highest BCUT2D eigenvalue weighted by Crippen LogP contribution is 2.41. The van der Waals surface area contributed by atoms with E-state index < -0.39 is 23.2 Å². The molecule has 0 unspecified atom stereocenters. The minimum Gasteiger partial charge on any atom is -0.477 e.